The maximum Gasteiger partial charge on any atom is 0.263 e. The molecule has 0 saturated carbocycles. The first-order chi connectivity index (χ1) is 9.63. The van der Waals surface area contributed by atoms with E-state index in [2.05, 4.69) is 0 Å². The van der Waals surface area contributed by atoms with Crippen molar-refractivity contribution in [3.63, 3.8) is 0 Å². The highest BCUT2D eigenvalue weighted by Gasteiger charge is 2.30. The summed E-state index contributed by atoms with van der Waals surface area (Å²) in [6, 6.07) is 6.71. The summed E-state index contributed by atoms with van der Waals surface area (Å²) in [5.74, 6) is 0.302. The first kappa shape index (κ1) is 15.1. The molecular formula is C14H18ClNO4. The van der Waals surface area contributed by atoms with Crippen LogP contribution in [0.1, 0.15) is 6.92 Å². The van der Waals surface area contributed by atoms with Gasteiger partial charge in [-0.15, -0.1) is 0 Å². The topological polar surface area (TPSA) is 59.0 Å². The highest BCUT2D eigenvalue weighted by atomic mass is 35.5. The summed E-state index contributed by atoms with van der Waals surface area (Å²) in [5, 5.41) is 9.76. The molecule has 1 aromatic carbocycles. The fourth-order valence-corrected chi connectivity index (χ4v) is 2.29. The van der Waals surface area contributed by atoms with Gasteiger partial charge >= 0.3 is 0 Å². The third-order valence-corrected chi connectivity index (χ3v) is 3.52. The van der Waals surface area contributed by atoms with E-state index >= 15 is 0 Å². The van der Waals surface area contributed by atoms with Crippen molar-refractivity contribution in [2.45, 2.75) is 19.1 Å². The molecule has 1 N–H and O–H groups in total. The number of aliphatic hydroxyl groups is 1. The molecule has 1 amide bonds. The Hall–Kier alpha value is -1.30. The second-order valence-corrected chi connectivity index (χ2v) is 5.04. The molecule has 1 aromatic rings. The summed E-state index contributed by atoms with van der Waals surface area (Å²) in [6.07, 6.45) is -0.665. The van der Waals surface area contributed by atoms with Crippen molar-refractivity contribution in [3.05, 3.63) is 29.3 Å². The van der Waals surface area contributed by atoms with E-state index in [4.69, 9.17) is 21.1 Å². The largest absolute Gasteiger partial charge is 0.479 e. The van der Waals surface area contributed by atoms with Gasteiger partial charge in [-0.3, -0.25) is 4.79 Å². The van der Waals surface area contributed by atoms with E-state index in [1.54, 1.807) is 36.1 Å². The van der Waals surface area contributed by atoms with Crippen molar-refractivity contribution in [2.24, 2.45) is 0 Å². The minimum atomic E-state index is -0.665. The molecule has 1 saturated heterocycles. The molecule has 0 radical (unpaired) electrons. The van der Waals surface area contributed by atoms with E-state index in [0.29, 0.717) is 30.5 Å². The van der Waals surface area contributed by atoms with Gasteiger partial charge in [0.05, 0.1) is 30.9 Å². The summed E-state index contributed by atoms with van der Waals surface area (Å²) in [7, 11) is 0. The van der Waals surface area contributed by atoms with Crippen molar-refractivity contribution in [1.29, 1.82) is 0 Å². The van der Waals surface area contributed by atoms with E-state index in [1.807, 2.05) is 0 Å². The van der Waals surface area contributed by atoms with Gasteiger partial charge in [-0.1, -0.05) is 23.7 Å². The van der Waals surface area contributed by atoms with Crippen molar-refractivity contribution in [1.82, 2.24) is 4.90 Å². The van der Waals surface area contributed by atoms with Crippen LogP contribution in [0.2, 0.25) is 5.02 Å². The Kier molecular flexibility index (Phi) is 5.23. The average molecular weight is 300 g/mol. The van der Waals surface area contributed by atoms with Gasteiger partial charge in [-0.05, 0) is 19.1 Å². The number of amides is 1. The first-order valence-corrected chi connectivity index (χ1v) is 6.91. The van der Waals surface area contributed by atoms with Crippen LogP contribution in [0.3, 0.4) is 0 Å². The monoisotopic (exact) mass is 299 g/mol. The van der Waals surface area contributed by atoms with E-state index in [0.717, 1.165) is 0 Å². The van der Waals surface area contributed by atoms with Crippen molar-refractivity contribution >= 4 is 17.5 Å². The molecule has 1 fully saturated rings. The van der Waals surface area contributed by atoms with Crippen LogP contribution in [0.15, 0.2) is 24.3 Å². The number of carbonyl (C=O) groups is 1. The minimum absolute atomic E-state index is 0.120. The Morgan fingerprint density at radius 2 is 2.35 bits per heavy atom. The average Bonchev–Trinajstić information content (AvgIpc) is 2.48. The highest BCUT2D eigenvalue weighted by Crippen LogP contribution is 2.24. The number of benzene rings is 1. The van der Waals surface area contributed by atoms with Gasteiger partial charge in [0.25, 0.3) is 5.91 Å². The molecular weight excluding hydrogens is 282 g/mol. The lowest BCUT2D eigenvalue weighted by molar-refractivity contribution is -0.148. The molecule has 5 nitrogen and oxygen atoms in total. The second-order valence-electron chi connectivity index (χ2n) is 4.63. The molecule has 0 bridgehead atoms. The zero-order valence-electron chi connectivity index (χ0n) is 11.3. The molecule has 1 aliphatic heterocycles. The van der Waals surface area contributed by atoms with E-state index < -0.39 is 6.10 Å². The highest BCUT2D eigenvalue weighted by molar-refractivity contribution is 6.32. The normalized spacial score (nSPS) is 20.6. The molecule has 0 aromatic heterocycles. The van der Waals surface area contributed by atoms with E-state index in [-0.39, 0.29) is 18.6 Å². The van der Waals surface area contributed by atoms with E-state index in [9.17, 15) is 9.90 Å². The lowest BCUT2D eigenvalue weighted by Crippen LogP contribution is -2.54. The minimum Gasteiger partial charge on any atom is -0.479 e. The van der Waals surface area contributed by atoms with Crippen LogP contribution in [-0.2, 0) is 9.53 Å². The summed E-state index contributed by atoms with van der Waals surface area (Å²) in [6.45, 7) is 2.84. The second kappa shape index (κ2) is 6.92. The van der Waals surface area contributed by atoms with Crippen molar-refractivity contribution in [3.8, 4) is 5.75 Å². The maximum absolute atomic E-state index is 12.4. The smallest absolute Gasteiger partial charge is 0.263 e. The number of aliphatic hydroxyl groups excluding tert-OH is 1. The predicted octanol–water partition coefficient (Wildman–Crippen LogP) is 1.33. The van der Waals surface area contributed by atoms with Gasteiger partial charge < -0.3 is 19.5 Å². The molecule has 1 heterocycles. The molecule has 1 aliphatic rings. The fourth-order valence-electron chi connectivity index (χ4n) is 2.11. The van der Waals surface area contributed by atoms with E-state index in [1.165, 1.54) is 0 Å². The predicted molar refractivity (Wildman–Crippen MR) is 74.9 cm³/mol. The van der Waals surface area contributed by atoms with Gasteiger partial charge in [-0.2, -0.15) is 0 Å². The summed E-state index contributed by atoms with van der Waals surface area (Å²) in [5.41, 5.74) is 0. The molecule has 0 aliphatic carbocycles. The molecule has 110 valence electrons. The Balaban J connectivity index is 2.03. The number of para-hydroxylation sites is 1. The number of ether oxygens (including phenoxy) is 2. The molecule has 0 spiro atoms. The van der Waals surface area contributed by atoms with Crippen LogP contribution in [0, 0.1) is 0 Å². The molecule has 2 unspecified atom stereocenters. The maximum atomic E-state index is 12.4. The summed E-state index contributed by atoms with van der Waals surface area (Å²) < 4.78 is 10.9. The zero-order valence-corrected chi connectivity index (χ0v) is 12.0. The van der Waals surface area contributed by atoms with Gasteiger partial charge in [0.15, 0.2) is 6.10 Å². The Morgan fingerprint density at radius 1 is 1.60 bits per heavy atom. The number of halogens is 1. The van der Waals surface area contributed by atoms with Crippen LogP contribution in [-0.4, -0.2) is 54.4 Å². The quantitative estimate of drug-likeness (QED) is 0.911. The number of carbonyl (C=O) groups excluding carboxylic acids is 1. The van der Waals surface area contributed by atoms with Crippen molar-refractivity contribution in [2.75, 3.05) is 26.4 Å². The van der Waals surface area contributed by atoms with Gasteiger partial charge in [0.2, 0.25) is 0 Å². The number of hydrogen-bond donors (Lipinski definition) is 1. The van der Waals surface area contributed by atoms with Gasteiger partial charge in [0, 0.05) is 6.54 Å². The Morgan fingerprint density at radius 3 is 3.05 bits per heavy atom. The molecule has 2 rings (SSSR count). The third kappa shape index (κ3) is 3.42. The van der Waals surface area contributed by atoms with Crippen LogP contribution >= 0.6 is 11.6 Å². The Bertz CT molecular complexity index is 468. The van der Waals surface area contributed by atoms with Crippen LogP contribution < -0.4 is 4.74 Å². The van der Waals surface area contributed by atoms with Crippen LogP contribution in [0.5, 0.6) is 5.75 Å². The van der Waals surface area contributed by atoms with Gasteiger partial charge in [-0.25, -0.2) is 0 Å². The SMILES string of the molecule is CC(Oc1ccccc1Cl)C(=O)N1CCOCC1CO. The standard InChI is InChI=1S/C14H18ClNO4/c1-10(20-13-5-3-2-4-12(13)15)14(18)16-6-7-19-9-11(16)8-17/h2-5,10-11,17H,6-9H2,1H3. The third-order valence-electron chi connectivity index (χ3n) is 3.21. The number of nitrogens with zero attached hydrogens (tertiary/aromatic N) is 1. The number of hydrogen-bond acceptors (Lipinski definition) is 4. The summed E-state index contributed by atoms with van der Waals surface area (Å²) >= 11 is 6.00. The lowest BCUT2D eigenvalue weighted by atomic mass is 10.2. The number of rotatable bonds is 4. The molecule has 2 atom stereocenters. The number of morpholine rings is 1. The van der Waals surface area contributed by atoms with Crippen molar-refractivity contribution < 1.29 is 19.4 Å². The molecule has 6 heteroatoms. The first-order valence-electron chi connectivity index (χ1n) is 6.53. The lowest BCUT2D eigenvalue weighted by Gasteiger charge is -2.36. The fraction of sp³-hybridized carbons (Fsp3) is 0.500. The zero-order chi connectivity index (χ0) is 14.5. The van der Waals surface area contributed by atoms with Gasteiger partial charge in [0.1, 0.15) is 5.75 Å². The molecule has 20 heavy (non-hydrogen) atoms. The Labute approximate surface area is 123 Å². The summed E-state index contributed by atoms with van der Waals surface area (Å²) in [4.78, 5) is 14.0. The van der Waals surface area contributed by atoms with Crippen LogP contribution in [0.4, 0.5) is 0 Å². The van der Waals surface area contributed by atoms with Crippen LogP contribution in [0.25, 0.3) is 0 Å².